The molecule has 14 heavy (non-hydrogen) atoms. The fourth-order valence-electron chi connectivity index (χ4n) is 0.846. The van der Waals surface area contributed by atoms with Crippen LogP contribution in [0.15, 0.2) is 24.3 Å². The Labute approximate surface area is 79.4 Å². The molecule has 0 fully saturated rings. The van der Waals surface area contributed by atoms with Gasteiger partial charge in [-0.05, 0) is 12.1 Å². The molecule has 4 nitrogen and oxygen atoms in total. The maximum Gasteiger partial charge on any atom is 0.357 e. The number of benzene rings is 1. The highest BCUT2D eigenvalue weighted by Crippen LogP contribution is 2.20. The molecule has 0 aliphatic heterocycles. The van der Waals surface area contributed by atoms with Gasteiger partial charge < -0.3 is 0 Å². The topological polar surface area (TPSA) is 66.4 Å². The lowest BCUT2D eigenvalue weighted by Gasteiger charge is -2.03. The average molecular weight is 223 g/mol. The predicted octanol–water partition coefficient (Wildman–Crippen LogP) is 1.84. The van der Waals surface area contributed by atoms with Gasteiger partial charge in [0, 0.05) is 5.56 Å². The fraction of sp³-hybridized carbons (Fsp3) is 0.143. The van der Waals surface area contributed by atoms with E-state index in [2.05, 4.69) is 0 Å². The monoisotopic (exact) mass is 223 g/mol. The molecule has 0 saturated heterocycles. The van der Waals surface area contributed by atoms with Crippen LogP contribution in [0.4, 0.5) is 14.5 Å². The van der Waals surface area contributed by atoms with Crippen LogP contribution in [0.1, 0.15) is 12.0 Å². The SMILES string of the molecule is O=S(=O)(O)Nc1ccc(C(F)F)cc1. The molecule has 7 heteroatoms. The van der Waals surface area contributed by atoms with Crippen LogP contribution in [0, 0.1) is 0 Å². The number of hydrogen-bond donors (Lipinski definition) is 2. The number of anilines is 1. The third kappa shape index (κ3) is 3.27. The van der Waals surface area contributed by atoms with Gasteiger partial charge >= 0.3 is 10.3 Å². The molecule has 0 saturated carbocycles. The van der Waals surface area contributed by atoms with Gasteiger partial charge in [0.05, 0.1) is 5.69 Å². The van der Waals surface area contributed by atoms with Gasteiger partial charge in [-0.15, -0.1) is 0 Å². The van der Waals surface area contributed by atoms with Crippen molar-refractivity contribution in [3.05, 3.63) is 29.8 Å². The van der Waals surface area contributed by atoms with Crippen molar-refractivity contribution in [2.45, 2.75) is 6.43 Å². The van der Waals surface area contributed by atoms with Crippen molar-refractivity contribution < 1.29 is 21.8 Å². The van der Waals surface area contributed by atoms with Crippen molar-refractivity contribution in [1.82, 2.24) is 0 Å². The van der Waals surface area contributed by atoms with Crippen LogP contribution in [-0.4, -0.2) is 13.0 Å². The van der Waals surface area contributed by atoms with E-state index in [1.165, 1.54) is 0 Å². The van der Waals surface area contributed by atoms with Crippen molar-refractivity contribution in [1.29, 1.82) is 0 Å². The zero-order chi connectivity index (χ0) is 10.8. The van der Waals surface area contributed by atoms with Crippen LogP contribution >= 0.6 is 0 Å². The summed E-state index contributed by atoms with van der Waals surface area (Å²) in [6, 6.07) is 4.40. The van der Waals surface area contributed by atoms with E-state index in [0.29, 0.717) is 0 Å². The summed E-state index contributed by atoms with van der Waals surface area (Å²) < 4.78 is 54.8. The number of alkyl halides is 2. The van der Waals surface area contributed by atoms with Crippen molar-refractivity contribution in [2.75, 3.05) is 4.72 Å². The highest BCUT2D eigenvalue weighted by atomic mass is 32.2. The van der Waals surface area contributed by atoms with Gasteiger partial charge in [0.25, 0.3) is 6.43 Å². The third-order valence-electron chi connectivity index (χ3n) is 1.41. The minimum atomic E-state index is -4.35. The van der Waals surface area contributed by atoms with Crippen LogP contribution in [0.25, 0.3) is 0 Å². The molecule has 0 radical (unpaired) electrons. The molecule has 0 atom stereocenters. The van der Waals surface area contributed by atoms with Crippen molar-refractivity contribution in [3.8, 4) is 0 Å². The Morgan fingerprint density at radius 2 is 1.71 bits per heavy atom. The van der Waals surface area contributed by atoms with Crippen molar-refractivity contribution >= 4 is 16.0 Å². The third-order valence-corrected chi connectivity index (χ3v) is 1.90. The quantitative estimate of drug-likeness (QED) is 0.768. The number of hydrogen-bond acceptors (Lipinski definition) is 2. The number of halogens is 2. The predicted molar refractivity (Wildman–Crippen MR) is 46.6 cm³/mol. The Morgan fingerprint density at radius 3 is 2.07 bits per heavy atom. The minimum absolute atomic E-state index is 0.0249. The second-order valence-electron chi connectivity index (χ2n) is 2.50. The Kier molecular flexibility index (Phi) is 3.02. The van der Waals surface area contributed by atoms with Gasteiger partial charge in [0.2, 0.25) is 0 Å². The lowest BCUT2D eigenvalue weighted by atomic mass is 10.2. The van der Waals surface area contributed by atoms with E-state index in [0.717, 1.165) is 24.3 Å². The Balaban J connectivity index is 2.84. The molecule has 1 aromatic carbocycles. The molecule has 78 valence electrons. The molecule has 0 aromatic heterocycles. The molecule has 0 heterocycles. The highest BCUT2D eigenvalue weighted by molar-refractivity contribution is 7.87. The molecular formula is C7H7F2NO3S. The van der Waals surface area contributed by atoms with Crippen LogP contribution in [0.3, 0.4) is 0 Å². The lowest BCUT2D eigenvalue weighted by Crippen LogP contribution is -2.10. The van der Waals surface area contributed by atoms with Gasteiger partial charge in [-0.25, -0.2) is 8.78 Å². The Morgan fingerprint density at radius 1 is 1.21 bits per heavy atom. The van der Waals surface area contributed by atoms with Gasteiger partial charge in [-0.2, -0.15) is 8.42 Å². The zero-order valence-corrected chi connectivity index (χ0v) is 7.63. The summed E-state index contributed by atoms with van der Waals surface area (Å²) in [4.78, 5) is 0. The maximum atomic E-state index is 12.0. The summed E-state index contributed by atoms with van der Waals surface area (Å²) in [5.74, 6) is 0. The van der Waals surface area contributed by atoms with Crippen LogP contribution < -0.4 is 4.72 Å². The van der Waals surface area contributed by atoms with E-state index in [1.807, 2.05) is 0 Å². The summed E-state index contributed by atoms with van der Waals surface area (Å²) in [5, 5.41) is 0. The summed E-state index contributed by atoms with van der Waals surface area (Å²) in [5.41, 5.74) is -0.192. The summed E-state index contributed by atoms with van der Waals surface area (Å²) >= 11 is 0. The van der Waals surface area contributed by atoms with Crippen LogP contribution in [0.5, 0.6) is 0 Å². The zero-order valence-electron chi connectivity index (χ0n) is 6.81. The van der Waals surface area contributed by atoms with E-state index < -0.39 is 16.7 Å². The van der Waals surface area contributed by atoms with Crippen LogP contribution in [0.2, 0.25) is 0 Å². The van der Waals surface area contributed by atoms with E-state index >= 15 is 0 Å². The maximum absolute atomic E-state index is 12.0. The first kappa shape index (κ1) is 10.9. The standard InChI is InChI=1S/C7H7F2NO3S/c8-7(9)5-1-3-6(4-2-5)10-14(11,12)13/h1-4,7,10H,(H,11,12,13). The Hall–Kier alpha value is -1.21. The molecule has 0 bridgehead atoms. The second-order valence-corrected chi connectivity index (χ2v) is 3.65. The molecule has 0 unspecified atom stereocenters. The number of rotatable bonds is 3. The van der Waals surface area contributed by atoms with Gasteiger partial charge in [0.15, 0.2) is 0 Å². The minimum Gasteiger partial charge on any atom is -0.269 e. The first-order valence-electron chi connectivity index (χ1n) is 3.52. The highest BCUT2D eigenvalue weighted by Gasteiger charge is 2.07. The van der Waals surface area contributed by atoms with Gasteiger partial charge in [-0.1, -0.05) is 12.1 Å². The smallest absolute Gasteiger partial charge is 0.269 e. The molecule has 1 aromatic rings. The lowest BCUT2D eigenvalue weighted by molar-refractivity contribution is 0.151. The molecule has 0 aliphatic carbocycles. The van der Waals surface area contributed by atoms with Gasteiger partial charge in [0.1, 0.15) is 0 Å². The Bertz CT molecular complexity index is 401. The molecular weight excluding hydrogens is 216 g/mol. The van der Waals surface area contributed by atoms with E-state index in [1.54, 1.807) is 4.72 Å². The molecule has 2 N–H and O–H groups in total. The van der Waals surface area contributed by atoms with Gasteiger partial charge in [-0.3, -0.25) is 9.27 Å². The number of nitrogens with one attached hydrogen (secondary N) is 1. The molecule has 0 amide bonds. The normalized spacial score (nSPS) is 11.7. The molecule has 0 aliphatic rings. The van der Waals surface area contributed by atoms with Crippen LogP contribution in [-0.2, 0) is 10.3 Å². The first-order valence-corrected chi connectivity index (χ1v) is 4.96. The fourth-order valence-corrected chi connectivity index (χ4v) is 1.28. The molecule has 0 spiro atoms. The first-order chi connectivity index (χ1) is 6.38. The van der Waals surface area contributed by atoms with Crippen molar-refractivity contribution in [2.24, 2.45) is 0 Å². The largest absolute Gasteiger partial charge is 0.357 e. The summed E-state index contributed by atoms with van der Waals surface area (Å²) in [7, 11) is -4.35. The van der Waals surface area contributed by atoms with E-state index in [-0.39, 0.29) is 11.3 Å². The molecule has 1 rings (SSSR count). The van der Waals surface area contributed by atoms with E-state index in [4.69, 9.17) is 4.55 Å². The van der Waals surface area contributed by atoms with Crippen molar-refractivity contribution in [3.63, 3.8) is 0 Å². The average Bonchev–Trinajstić information content (AvgIpc) is 2.02. The van der Waals surface area contributed by atoms with E-state index in [9.17, 15) is 17.2 Å². The summed E-state index contributed by atoms with van der Waals surface area (Å²) in [6.07, 6.45) is -2.60. The second kappa shape index (κ2) is 3.89. The summed E-state index contributed by atoms with van der Waals surface area (Å²) in [6.45, 7) is 0.